The van der Waals surface area contributed by atoms with Crippen molar-refractivity contribution >= 4 is 16.8 Å². The van der Waals surface area contributed by atoms with Crippen molar-refractivity contribution in [2.75, 3.05) is 0 Å². The number of primary amides is 1. The van der Waals surface area contributed by atoms with Crippen LogP contribution in [-0.2, 0) is 4.79 Å². The largest absolute Gasteiger partial charge is 0.369 e. The summed E-state index contributed by atoms with van der Waals surface area (Å²) in [7, 11) is 0. The minimum absolute atomic E-state index is 0.0372. The van der Waals surface area contributed by atoms with Crippen molar-refractivity contribution in [2.45, 2.75) is 33.1 Å². The van der Waals surface area contributed by atoms with Crippen molar-refractivity contribution < 1.29 is 9.18 Å². The second-order valence-corrected chi connectivity index (χ2v) is 7.29. The number of hydrogen-bond donors (Lipinski definition) is 1. The highest BCUT2D eigenvalue weighted by molar-refractivity contribution is 5.83. The summed E-state index contributed by atoms with van der Waals surface area (Å²) in [6.07, 6.45) is 6.55. The number of allylic oxidation sites excluding steroid dienone is 2. The Kier molecular flexibility index (Phi) is 5.13. The summed E-state index contributed by atoms with van der Waals surface area (Å²) in [5, 5.41) is 5.40. The molecule has 1 amide bonds. The predicted octanol–water partition coefficient (Wildman–Crippen LogP) is 4.73. The van der Waals surface area contributed by atoms with Crippen LogP contribution in [0.25, 0.3) is 16.6 Å². The molecule has 5 heteroatoms. The first-order chi connectivity index (χ1) is 12.8. The Morgan fingerprint density at radius 3 is 2.59 bits per heavy atom. The van der Waals surface area contributed by atoms with Gasteiger partial charge in [0.05, 0.1) is 22.8 Å². The lowest BCUT2D eigenvalue weighted by atomic mass is 9.72. The minimum atomic E-state index is -0.680. The molecule has 2 aromatic carbocycles. The van der Waals surface area contributed by atoms with E-state index in [0.717, 1.165) is 28.6 Å². The molecule has 0 bridgehead atoms. The SMILES string of the molecule is C/C=C/CC(c1ccc2c(cnn2-c2ccc(F)cc2)c1)C(C)(C)C(N)=O. The van der Waals surface area contributed by atoms with Gasteiger partial charge in [0, 0.05) is 11.3 Å². The van der Waals surface area contributed by atoms with Crippen molar-refractivity contribution in [3.05, 3.63) is 72.2 Å². The topological polar surface area (TPSA) is 60.9 Å². The summed E-state index contributed by atoms with van der Waals surface area (Å²) in [4.78, 5) is 12.0. The Morgan fingerprint density at radius 2 is 1.96 bits per heavy atom. The van der Waals surface area contributed by atoms with Gasteiger partial charge in [0.15, 0.2) is 0 Å². The van der Waals surface area contributed by atoms with Crippen LogP contribution in [-0.4, -0.2) is 15.7 Å². The Labute approximate surface area is 158 Å². The lowest BCUT2D eigenvalue weighted by molar-refractivity contribution is -0.127. The van der Waals surface area contributed by atoms with E-state index in [1.165, 1.54) is 12.1 Å². The van der Waals surface area contributed by atoms with Gasteiger partial charge in [-0.3, -0.25) is 4.79 Å². The van der Waals surface area contributed by atoms with E-state index in [1.54, 1.807) is 23.0 Å². The molecule has 0 spiro atoms. The molecule has 1 heterocycles. The minimum Gasteiger partial charge on any atom is -0.369 e. The van der Waals surface area contributed by atoms with Gasteiger partial charge in [0.25, 0.3) is 0 Å². The molecule has 140 valence electrons. The number of carbonyl (C=O) groups excluding carboxylic acids is 1. The first-order valence-corrected chi connectivity index (χ1v) is 8.99. The molecule has 0 aliphatic heterocycles. The summed E-state index contributed by atoms with van der Waals surface area (Å²) in [6.45, 7) is 5.73. The van der Waals surface area contributed by atoms with Crippen LogP contribution in [0.1, 0.15) is 38.7 Å². The molecule has 3 rings (SSSR count). The van der Waals surface area contributed by atoms with Gasteiger partial charge in [-0.2, -0.15) is 5.10 Å². The highest BCUT2D eigenvalue weighted by Gasteiger charge is 2.35. The quantitative estimate of drug-likeness (QED) is 0.642. The maximum Gasteiger partial charge on any atom is 0.223 e. The Balaban J connectivity index is 2.05. The summed E-state index contributed by atoms with van der Waals surface area (Å²) >= 11 is 0. The smallest absolute Gasteiger partial charge is 0.223 e. The van der Waals surface area contributed by atoms with E-state index < -0.39 is 5.41 Å². The van der Waals surface area contributed by atoms with E-state index in [4.69, 9.17) is 5.73 Å². The van der Waals surface area contributed by atoms with Gasteiger partial charge in [0.2, 0.25) is 5.91 Å². The Morgan fingerprint density at radius 1 is 1.26 bits per heavy atom. The van der Waals surface area contributed by atoms with Crippen LogP contribution in [0.5, 0.6) is 0 Å². The van der Waals surface area contributed by atoms with Crippen LogP contribution in [0, 0.1) is 11.2 Å². The van der Waals surface area contributed by atoms with Crippen molar-refractivity contribution in [3.63, 3.8) is 0 Å². The highest BCUT2D eigenvalue weighted by Crippen LogP contribution is 2.39. The van der Waals surface area contributed by atoms with Crippen LogP contribution >= 0.6 is 0 Å². The summed E-state index contributed by atoms with van der Waals surface area (Å²) < 4.78 is 15.0. The zero-order chi connectivity index (χ0) is 19.6. The molecule has 2 N–H and O–H groups in total. The third-order valence-electron chi connectivity index (χ3n) is 5.18. The monoisotopic (exact) mass is 365 g/mol. The number of fused-ring (bicyclic) bond motifs is 1. The maximum absolute atomic E-state index is 13.2. The number of carbonyl (C=O) groups is 1. The van der Waals surface area contributed by atoms with Crippen molar-refractivity contribution in [2.24, 2.45) is 11.1 Å². The van der Waals surface area contributed by atoms with E-state index in [0.29, 0.717) is 0 Å². The lowest BCUT2D eigenvalue weighted by Gasteiger charge is -2.31. The molecule has 3 aromatic rings. The van der Waals surface area contributed by atoms with Gasteiger partial charge in [-0.15, -0.1) is 0 Å². The fraction of sp³-hybridized carbons (Fsp3) is 0.273. The van der Waals surface area contributed by atoms with Crippen LogP contribution in [0.4, 0.5) is 4.39 Å². The summed E-state index contributed by atoms with van der Waals surface area (Å²) in [5.74, 6) is -0.637. The average molecular weight is 365 g/mol. The van der Waals surface area contributed by atoms with Crippen LogP contribution in [0.3, 0.4) is 0 Å². The van der Waals surface area contributed by atoms with Gasteiger partial charge in [-0.1, -0.05) is 32.1 Å². The normalized spacial score (nSPS) is 13.3. The van der Waals surface area contributed by atoms with Crippen LogP contribution < -0.4 is 5.73 Å². The third kappa shape index (κ3) is 3.63. The number of aromatic nitrogens is 2. The maximum atomic E-state index is 13.2. The molecule has 0 fully saturated rings. The molecule has 0 aliphatic carbocycles. The second kappa shape index (κ2) is 7.35. The first kappa shape index (κ1) is 18.8. The van der Waals surface area contributed by atoms with Crippen LogP contribution in [0.2, 0.25) is 0 Å². The van der Waals surface area contributed by atoms with Crippen LogP contribution in [0.15, 0.2) is 60.8 Å². The summed E-state index contributed by atoms with van der Waals surface area (Å²) in [6, 6.07) is 12.3. The molecule has 1 unspecified atom stereocenters. The van der Waals surface area contributed by atoms with Gasteiger partial charge in [-0.25, -0.2) is 9.07 Å². The number of nitrogens with two attached hydrogens (primary N) is 1. The summed E-state index contributed by atoms with van der Waals surface area (Å²) in [5.41, 5.74) is 7.76. The molecule has 0 saturated heterocycles. The Hall–Kier alpha value is -2.95. The number of halogens is 1. The van der Waals surface area contributed by atoms with E-state index in [9.17, 15) is 9.18 Å². The van der Waals surface area contributed by atoms with Gasteiger partial charge < -0.3 is 5.73 Å². The van der Waals surface area contributed by atoms with E-state index in [2.05, 4.69) is 17.2 Å². The highest BCUT2D eigenvalue weighted by atomic mass is 19.1. The third-order valence-corrected chi connectivity index (χ3v) is 5.18. The number of benzene rings is 2. The van der Waals surface area contributed by atoms with Gasteiger partial charge in [0.1, 0.15) is 5.82 Å². The fourth-order valence-corrected chi connectivity index (χ4v) is 3.35. The fourth-order valence-electron chi connectivity index (χ4n) is 3.35. The lowest BCUT2D eigenvalue weighted by Crippen LogP contribution is -2.37. The Bertz CT molecular complexity index is 986. The average Bonchev–Trinajstić information content (AvgIpc) is 3.05. The van der Waals surface area contributed by atoms with E-state index >= 15 is 0 Å². The number of nitrogens with zero attached hydrogens (tertiary/aromatic N) is 2. The molecule has 0 radical (unpaired) electrons. The van der Waals surface area contributed by atoms with Gasteiger partial charge >= 0.3 is 0 Å². The number of amides is 1. The molecule has 1 aromatic heterocycles. The number of rotatable bonds is 6. The number of hydrogen-bond acceptors (Lipinski definition) is 2. The molecule has 1 atom stereocenters. The standard InChI is InChI=1S/C22H24FN3O/c1-4-5-6-19(22(2,3)21(24)27)15-7-12-20-16(13-15)14-25-26(20)18-10-8-17(23)9-11-18/h4-5,7-14,19H,6H2,1-3H3,(H2,24,27)/b5-4+. The molecule has 27 heavy (non-hydrogen) atoms. The van der Waals surface area contributed by atoms with Crippen molar-refractivity contribution in [3.8, 4) is 5.69 Å². The predicted molar refractivity (Wildman–Crippen MR) is 106 cm³/mol. The van der Waals surface area contributed by atoms with Crippen molar-refractivity contribution in [1.82, 2.24) is 9.78 Å². The van der Waals surface area contributed by atoms with E-state index in [-0.39, 0.29) is 17.6 Å². The molecule has 4 nitrogen and oxygen atoms in total. The molecule has 0 saturated carbocycles. The molecular formula is C22H24FN3O. The first-order valence-electron chi connectivity index (χ1n) is 8.99. The van der Waals surface area contributed by atoms with Gasteiger partial charge in [-0.05, 0) is 55.3 Å². The zero-order valence-electron chi connectivity index (χ0n) is 15.8. The van der Waals surface area contributed by atoms with E-state index in [1.807, 2.05) is 39.0 Å². The molecule has 0 aliphatic rings. The second-order valence-electron chi connectivity index (χ2n) is 7.29. The molecular weight excluding hydrogens is 341 g/mol. The zero-order valence-corrected chi connectivity index (χ0v) is 15.8. The van der Waals surface area contributed by atoms with Crippen molar-refractivity contribution in [1.29, 1.82) is 0 Å².